The van der Waals surface area contributed by atoms with E-state index in [2.05, 4.69) is 27.1 Å². The van der Waals surface area contributed by atoms with Gasteiger partial charge in [-0.2, -0.15) is 0 Å². The highest BCUT2D eigenvalue weighted by Gasteiger charge is 2.23. The van der Waals surface area contributed by atoms with Crippen molar-refractivity contribution in [1.29, 1.82) is 0 Å². The molecule has 1 saturated heterocycles. The van der Waals surface area contributed by atoms with E-state index in [4.69, 9.17) is 4.42 Å². The van der Waals surface area contributed by atoms with Crippen LogP contribution in [0.15, 0.2) is 35.2 Å². The molecule has 3 rings (SSSR count). The molecule has 3 heterocycles. The first-order chi connectivity index (χ1) is 11.3. The van der Waals surface area contributed by atoms with Crippen molar-refractivity contribution in [3.05, 3.63) is 42.1 Å². The highest BCUT2D eigenvalue weighted by Crippen LogP contribution is 2.23. The van der Waals surface area contributed by atoms with Gasteiger partial charge >= 0.3 is 0 Å². The van der Waals surface area contributed by atoms with Gasteiger partial charge in [-0.25, -0.2) is 9.97 Å². The number of piperidine rings is 1. The van der Waals surface area contributed by atoms with Crippen molar-refractivity contribution < 1.29 is 9.21 Å². The molecule has 23 heavy (non-hydrogen) atoms. The lowest BCUT2D eigenvalue weighted by Gasteiger charge is -2.35. The average molecular weight is 314 g/mol. The van der Waals surface area contributed by atoms with Crippen molar-refractivity contribution in [1.82, 2.24) is 15.3 Å². The fraction of sp³-hybridized carbons (Fsp3) is 0.471. The van der Waals surface area contributed by atoms with Gasteiger partial charge in [-0.3, -0.25) is 4.79 Å². The van der Waals surface area contributed by atoms with Gasteiger partial charge in [0.25, 0.3) is 5.91 Å². The molecular formula is C17H22N4O2. The van der Waals surface area contributed by atoms with Crippen molar-refractivity contribution in [3.8, 4) is 0 Å². The molecule has 0 saturated carbocycles. The Morgan fingerprint density at radius 2 is 2.22 bits per heavy atom. The maximum Gasteiger partial charge on any atom is 0.254 e. The number of hydrogen-bond donors (Lipinski definition) is 1. The molecule has 0 bridgehead atoms. The second-order valence-corrected chi connectivity index (χ2v) is 5.79. The zero-order valence-electron chi connectivity index (χ0n) is 13.4. The van der Waals surface area contributed by atoms with Crippen LogP contribution < -0.4 is 10.2 Å². The van der Waals surface area contributed by atoms with Crippen LogP contribution in [0.25, 0.3) is 0 Å². The first-order valence-corrected chi connectivity index (χ1v) is 8.17. The number of carbonyl (C=O) groups is 1. The van der Waals surface area contributed by atoms with Crippen molar-refractivity contribution in [2.75, 3.05) is 11.4 Å². The normalized spacial score (nSPS) is 18.0. The third-order valence-electron chi connectivity index (χ3n) is 4.26. The second kappa shape index (κ2) is 7.26. The number of furan rings is 1. The monoisotopic (exact) mass is 314 g/mol. The van der Waals surface area contributed by atoms with E-state index in [0.29, 0.717) is 18.2 Å². The molecule has 6 nitrogen and oxygen atoms in total. The van der Waals surface area contributed by atoms with E-state index in [1.54, 1.807) is 24.7 Å². The number of hydrogen-bond acceptors (Lipinski definition) is 5. The highest BCUT2D eigenvalue weighted by molar-refractivity contribution is 5.93. The van der Waals surface area contributed by atoms with Gasteiger partial charge in [-0.05, 0) is 37.8 Å². The van der Waals surface area contributed by atoms with E-state index in [1.165, 1.54) is 19.3 Å². The molecule has 1 atom stereocenters. The Hall–Kier alpha value is -2.37. The minimum absolute atomic E-state index is 0.196. The SMILES string of the molecule is CCC1CCCCN1c1ncc(C(=O)NCc2ccco2)cn1. The Morgan fingerprint density at radius 1 is 1.39 bits per heavy atom. The standard InChI is InChI=1S/C17H22N4O2/c1-2-14-6-3-4-8-21(14)17-19-10-13(11-20-17)16(22)18-12-15-7-5-9-23-15/h5,7,9-11,14H,2-4,6,8,12H2,1H3,(H,18,22). The van der Waals surface area contributed by atoms with Crippen LogP contribution >= 0.6 is 0 Å². The average Bonchev–Trinajstić information content (AvgIpc) is 3.13. The second-order valence-electron chi connectivity index (χ2n) is 5.79. The lowest BCUT2D eigenvalue weighted by atomic mass is 10.0. The molecule has 1 amide bonds. The minimum Gasteiger partial charge on any atom is -0.467 e. The number of rotatable bonds is 5. The summed E-state index contributed by atoms with van der Waals surface area (Å²) in [6, 6.07) is 4.12. The minimum atomic E-state index is -0.196. The van der Waals surface area contributed by atoms with Crippen molar-refractivity contribution in [2.24, 2.45) is 0 Å². The fourth-order valence-electron chi connectivity index (χ4n) is 2.96. The molecule has 2 aromatic rings. The van der Waals surface area contributed by atoms with Crippen LogP contribution in [0.3, 0.4) is 0 Å². The zero-order chi connectivity index (χ0) is 16.1. The summed E-state index contributed by atoms with van der Waals surface area (Å²) in [5.74, 6) is 1.24. The molecule has 1 unspecified atom stereocenters. The van der Waals surface area contributed by atoms with Crippen LogP contribution in [0.5, 0.6) is 0 Å². The molecular weight excluding hydrogens is 292 g/mol. The molecule has 1 aliphatic heterocycles. The Balaban J connectivity index is 1.63. The number of carbonyl (C=O) groups excluding carboxylic acids is 1. The summed E-state index contributed by atoms with van der Waals surface area (Å²) < 4.78 is 5.19. The number of aromatic nitrogens is 2. The van der Waals surface area contributed by atoms with Gasteiger partial charge in [0.2, 0.25) is 5.95 Å². The summed E-state index contributed by atoms with van der Waals surface area (Å²) in [5, 5.41) is 2.79. The Labute approximate surface area is 135 Å². The lowest BCUT2D eigenvalue weighted by Crippen LogP contribution is -2.40. The molecule has 6 heteroatoms. The van der Waals surface area contributed by atoms with Crippen LogP contribution in [0.1, 0.15) is 48.7 Å². The van der Waals surface area contributed by atoms with Gasteiger partial charge in [0.05, 0.1) is 18.4 Å². The van der Waals surface area contributed by atoms with E-state index in [0.717, 1.165) is 24.7 Å². The maximum atomic E-state index is 12.1. The third-order valence-corrected chi connectivity index (χ3v) is 4.26. The molecule has 0 spiro atoms. The Bertz CT molecular complexity index is 625. The van der Waals surface area contributed by atoms with E-state index in [9.17, 15) is 4.79 Å². The largest absolute Gasteiger partial charge is 0.467 e. The predicted octanol–water partition coefficient (Wildman–Crippen LogP) is 2.77. The Morgan fingerprint density at radius 3 is 2.91 bits per heavy atom. The molecule has 0 aliphatic carbocycles. The molecule has 1 N–H and O–H groups in total. The number of nitrogens with one attached hydrogen (secondary N) is 1. The summed E-state index contributed by atoms with van der Waals surface area (Å²) in [6.45, 7) is 3.54. The van der Waals surface area contributed by atoms with Crippen LogP contribution in [0.2, 0.25) is 0 Å². The van der Waals surface area contributed by atoms with Crippen molar-refractivity contribution in [2.45, 2.75) is 45.2 Å². The first kappa shape index (κ1) is 15.5. The molecule has 1 fully saturated rings. The topological polar surface area (TPSA) is 71.3 Å². The first-order valence-electron chi connectivity index (χ1n) is 8.17. The maximum absolute atomic E-state index is 12.1. The quantitative estimate of drug-likeness (QED) is 0.919. The van der Waals surface area contributed by atoms with Crippen LogP contribution in [0.4, 0.5) is 5.95 Å². The molecule has 0 aromatic carbocycles. The lowest BCUT2D eigenvalue weighted by molar-refractivity contribution is 0.0947. The smallest absolute Gasteiger partial charge is 0.254 e. The number of nitrogens with zero attached hydrogens (tertiary/aromatic N) is 3. The highest BCUT2D eigenvalue weighted by atomic mass is 16.3. The molecule has 0 radical (unpaired) electrons. The van der Waals surface area contributed by atoms with Crippen LogP contribution in [-0.4, -0.2) is 28.5 Å². The summed E-state index contributed by atoms with van der Waals surface area (Å²) in [6.07, 6.45) is 9.50. The number of amides is 1. The van der Waals surface area contributed by atoms with Crippen molar-refractivity contribution in [3.63, 3.8) is 0 Å². The summed E-state index contributed by atoms with van der Waals surface area (Å²) in [7, 11) is 0. The van der Waals surface area contributed by atoms with Gasteiger partial charge in [0.1, 0.15) is 5.76 Å². The van der Waals surface area contributed by atoms with E-state index < -0.39 is 0 Å². The summed E-state index contributed by atoms with van der Waals surface area (Å²) in [4.78, 5) is 23.2. The summed E-state index contributed by atoms with van der Waals surface area (Å²) in [5.41, 5.74) is 0.463. The molecule has 122 valence electrons. The molecule has 1 aliphatic rings. The Kier molecular flexibility index (Phi) is 4.90. The van der Waals surface area contributed by atoms with E-state index in [1.807, 2.05) is 6.07 Å². The van der Waals surface area contributed by atoms with E-state index >= 15 is 0 Å². The molecule has 2 aromatic heterocycles. The third kappa shape index (κ3) is 3.70. The zero-order valence-corrected chi connectivity index (χ0v) is 13.4. The van der Waals surface area contributed by atoms with Crippen molar-refractivity contribution >= 4 is 11.9 Å². The summed E-state index contributed by atoms with van der Waals surface area (Å²) >= 11 is 0. The fourth-order valence-corrected chi connectivity index (χ4v) is 2.96. The number of anilines is 1. The van der Waals surface area contributed by atoms with E-state index in [-0.39, 0.29) is 5.91 Å². The van der Waals surface area contributed by atoms with Gasteiger partial charge < -0.3 is 14.6 Å². The van der Waals surface area contributed by atoms with Gasteiger partial charge in [0, 0.05) is 25.0 Å². The van der Waals surface area contributed by atoms with Gasteiger partial charge in [0.15, 0.2) is 0 Å². The van der Waals surface area contributed by atoms with Crippen LogP contribution in [-0.2, 0) is 6.54 Å². The predicted molar refractivity (Wildman–Crippen MR) is 87.2 cm³/mol. The van der Waals surface area contributed by atoms with Gasteiger partial charge in [-0.1, -0.05) is 6.92 Å². The van der Waals surface area contributed by atoms with Crippen LogP contribution in [0, 0.1) is 0 Å². The van der Waals surface area contributed by atoms with Gasteiger partial charge in [-0.15, -0.1) is 0 Å².